The summed E-state index contributed by atoms with van der Waals surface area (Å²) in [5, 5.41) is 9.48. The maximum Gasteiger partial charge on any atom is 0.263 e. The lowest BCUT2D eigenvalue weighted by molar-refractivity contribution is 0.355. The lowest BCUT2D eigenvalue weighted by atomic mass is 10.3. The molecule has 1 aromatic heterocycles. The molecule has 0 aliphatic carbocycles. The second kappa shape index (κ2) is 5.67. The molecule has 0 aromatic carbocycles. The van der Waals surface area contributed by atoms with Crippen molar-refractivity contribution >= 4 is 19.9 Å². The second-order valence-corrected chi connectivity index (χ2v) is 9.28. The van der Waals surface area contributed by atoms with Gasteiger partial charge in [0.1, 0.15) is 0 Å². The fourth-order valence-electron chi connectivity index (χ4n) is 2.48. The number of aryl methyl sites for hydroxylation is 1. The molecule has 1 fully saturated rings. The summed E-state index contributed by atoms with van der Waals surface area (Å²) in [7, 11) is -5.25. The molecule has 1 aliphatic heterocycles. The summed E-state index contributed by atoms with van der Waals surface area (Å²) in [5.41, 5.74) is 1.26. The molecule has 1 saturated heterocycles. The Morgan fingerprint density at radius 3 is 2.71 bits per heavy atom. The molecule has 21 heavy (non-hydrogen) atoms. The molecule has 0 saturated carbocycles. The van der Waals surface area contributed by atoms with E-state index >= 15 is 0 Å². The Kier molecular flexibility index (Phi) is 4.43. The van der Waals surface area contributed by atoms with Crippen molar-refractivity contribution in [2.75, 3.05) is 25.1 Å². The largest absolute Gasteiger partial charge is 0.316 e. The summed E-state index contributed by atoms with van der Waals surface area (Å²) in [6.07, 6.45) is 0. The van der Waals surface area contributed by atoms with Crippen molar-refractivity contribution < 1.29 is 16.8 Å². The average Bonchev–Trinajstić information content (AvgIpc) is 2.70. The Hall–Kier alpha value is -0.970. The van der Waals surface area contributed by atoms with Crippen LogP contribution in [0.2, 0.25) is 0 Å². The van der Waals surface area contributed by atoms with Gasteiger partial charge in [-0.25, -0.2) is 16.8 Å². The Balaban J connectivity index is 2.39. The molecule has 2 N–H and O–H groups in total. The van der Waals surface area contributed by atoms with Gasteiger partial charge in [-0.05, 0) is 20.9 Å². The number of rotatable bonds is 4. The number of sulfonamides is 1. The first-order valence-corrected chi connectivity index (χ1v) is 9.86. The number of aromatic nitrogens is 2. The lowest BCUT2D eigenvalue weighted by Gasteiger charge is -2.31. The maximum atomic E-state index is 12.7. The number of sulfone groups is 1. The first-order chi connectivity index (χ1) is 9.69. The van der Waals surface area contributed by atoms with Crippen LogP contribution >= 0.6 is 0 Å². The van der Waals surface area contributed by atoms with E-state index in [9.17, 15) is 16.8 Å². The third-order valence-electron chi connectivity index (χ3n) is 3.55. The van der Waals surface area contributed by atoms with Crippen LogP contribution < -0.4 is 5.32 Å². The maximum absolute atomic E-state index is 12.7. The van der Waals surface area contributed by atoms with E-state index in [1.807, 2.05) is 0 Å². The van der Waals surface area contributed by atoms with Gasteiger partial charge in [0.05, 0.1) is 11.5 Å². The molecular formula is C11H20N4O4S2. The van der Waals surface area contributed by atoms with Crippen LogP contribution in [0.3, 0.4) is 0 Å². The number of nitrogens with zero attached hydrogens (tertiary/aromatic N) is 2. The predicted octanol–water partition coefficient (Wildman–Crippen LogP) is -0.755. The zero-order valence-corrected chi connectivity index (χ0v) is 13.9. The van der Waals surface area contributed by atoms with E-state index in [1.54, 1.807) is 20.9 Å². The summed E-state index contributed by atoms with van der Waals surface area (Å²) in [6, 6.07) is -0.590. The Morgan fingerprint density at radius 2 is 2.14 bits per heavy atom. The van der Waals surface area contributed by atoms with Gasteiger partial charge in [-0.15, -0.1) is 0 Å². The first-order valence-electron chi connectivity index (χ1n) is 6.60. The second-order valence-electron chi connectivity index (χ2n) is 5.24. The molecule has 1 unspecified atom stereocenters. The molecule has 2 heterocycles. The minimum atomic E-state index is -3.81. The van der Waals surface area contributed by atoms with Gasteiger partial charge in [0.15, 0.2) is 14.9 Å². The minimum absolute atomic E-state index is 0.0273. The highest BCUT2D eigenvalue weighted by atomic mass is 32.2. The van der Waals surface area contributed by atoms with Crippen LogP contribution in [0.5, 0.6) is 0 Å². The standard InChI is InChI=1S/C11H20N4O4S2/c1-8-7-20(16,17)5-4-15(8)21(18,19)11-10(6-12-3)9(2)13-14-11/h8,12H,4-7H2,1-3H3,(H,13,14). The molecule has 10 heteroatoms. The zero-order valence-electron chi connectivity index (χ0n) is 12.2. The van der Waals surface area contributed by atoms with Crippen LogP contribution in [0.4, 0.5) is 0 Å². The van der Waals surface area contributed by atoms with E-state index in [0.717, 1.165) is 0 Å². The topological polar surface area (TPSA) is 112 Å². The van der Waals surface area contributed by atoms with Crippen molar-refractivity contribution in [1.82, 2.24) is 19.8 Å². The molecule has 0 radical (unpaired) electrons. The number of nitrogens with one attached hydrogen (secondary N) is 2. The van der Waals surface area contributed by atoms with Crippen molar-refractivity contribution in [2.45, 2.75) is 31.5 Å². The molecule has 1 aliphatic rings. The molecule has 2 rings (SSSR count). The highest BCUT2D eigenvalue weighted by Gasteiger charge is 2.38. The number of hydrogen-bond donors (Lipinski definition) is 2. The molecule has 1 aromatic rings. The van der Waals surface area contributed by atoms with Gasteiger partial charge in [-0.1, -0.05) is 0 Å². The van der Waals surface area contributed by atoms with Gasteiger partial charge in [-0.3, -0.25) is 5.10 Å². The van der Waals surface area contributed by atoms with E-state index in [-0.39, 0.29) is 23.1 Å². The van der Waals surface area contributed by atoms with Gasteiger partial charge in [-0.2, -0.15) is 9.40 Å². The summed E-state index contributed by atoms with van der Waals surface area (Å²) in [4.78, 5) is 0. The first kappa shape index (κ1) is 16.4. The molecule has 0 amide bonds. The van der Waals surface area contributed by atoms with Crippen LogP contribution in [0, 0.1) is 6.92 Å². The van der Waals surface area contributed by atoms with Gasteiger partial charge in [0.2, 0.25) is 0 Å². The average molecular weight is 336 g/mol. The molecule has 1 atom stereocenters. The molecule has 8 nitrogen and oxygen atoms in total. The molecule has 0 spiro atoms. The van der Waals surface area contributed by atoms with Crippen LogP contribution in [0.25, 0.3) is 0 Å². The highest BCUT2D eigenvalue weighted by Crippen LogP contribution is 2.24. The normalized spacial score (nSPS) is 23.3. The van der Waals surface area contributed by atoms with Crippen molar-refractivity contribution in [3.63, 3.8) is 0 Å². The third kappa shape index (κ3) is 3.12. The summed E-state index contributed by atoms with van der Waals surface area (Å²) >= 11 is 0. The quantitative estimate of drug-likeness (QED) is 0.748. The van der Waals surface area contributed by atoms with E-state index in [4.69, 9.17) is 0 Å². The van der Waals surface area contributed by atoms with E-state index < -0.39 is 25.9 Å². The monoisotopic (exact) mass is 336 g/mol. The van der Waals surface area contributed by atoms with Crippen molar-refractivity contribution in [3.05, 3.63) is 11.3 Å². The Morgan fingerprint density at radius 1 is 1.48 bits per heavy atom. The summed E-state index contributed by atoms with van der Waals surface area (Å²) < 4.78 is 49.9. The van der Waals surface area contributed by atoms with Gasteiger partial charge >= 0.3 is 0 Å². The number of H-pyrrole nitrogens is 1. The molecule has 0 bridgehead atoms. The van der Waals surface area contributed by atoms with Gasteiger partial charge < -0.3 is 5.32 Å². The zero-order chi connectivity index (χ0) is 15.8. The third-order valence-corrected chi connectivity index (χ3v) is 7.33. The van der Waals surface area contributed by atoms with E-state index in [0.29, 0.717) is 17.8 Å². The van der Waals surface area contributed by atoms with Crippen LogP contribution in [-0.2, 0) is 26.4 Å². The minimum Gasteiger partial charge on any atom is -0.316 e. The van der Waals surface area contributed by atoms with Crippen molar-refractivity contribution in [2.24, 2.45) is 0 Å². The van der Waals surface area contributed by atoms with E-state index in [2.05, 4.69) is 15.5 Å². The van der Waals surface area contributed by atoms with Crippen molar-refractivity contribution in [1.29, 1.82) is 0 Å². The predicted molar refractivity (Wildman–Crippen MR) is 78.1 cm³/mol. The Bertz CT molecular complexity index is 723. The highest BCUT2D eigenvalue weighted by molar-refractivity contribution is 7.92. The van der Waals surface area contributed by atoms with Crippen LogP contribution in [-0.4, -0.2) is 62.5 Å². The van der Waals surface area contributed by atoms with Gasteiger partial charge in [0, 0.05) is 30.4 Å². The number of aromatic amines is 1. The molecule has 120 valence electrons. The van der Waals surface area contributed by atoms with E-state index in [1.165, 1.54) is 4.31 Å². The fourth-order valence-corrected chi connectivity index (χ4v) is 6.05. The smallest absolute Gasteiger partial charge is 0.263 e. The summed E-state index contributed by atoms with van der Waals surface area (Å²) in [5.74, 6) is -0.307. The fraction of sp³-hybridized carbons (Fsp3) is 0.727. The van der Waals surface area contributed by atoms with Crippen LogP contribution in [0.1, 0.15) is 18.2 Å². The van der Waals surface area contributed by atoms with Crippen molar-refractivity contribution in [3.8, 4) is 0 Å². The van der Waals surface area contributed by atoms with Crippen LogP contribution in [0.15, 0.2) is 5.03 Å². The molecular weight excluding hydrogens is 316 g/mol. The lowest BCUT2D eigenvalue weighted by Crippen LogP contribution is -2.49. The SMILES string of the molecule is CNCc1c(S(=O)(=O)N2CCS(=O)(=O)CC2C)n[nH]c1C. The van der Waals surface area contributed by atoms with Gasteiger partial charge in [0.25, 0.3) is 10.0 Å². The summed E-state index contributed by atoms with van der Waals surface area (Å²) in [6.45, 7) is 3.70. The number of hydrogen-bond acceptors (Lipinski definition) is 6. The Labute approximate surface area is 124 Å².